The van der Waals surface area contributed by atoms with E-state index in [0.29, 0.717) is 16.4 Å². The van der Waals surface area contributed by atoms with Gasteiger partial charge in [0.15, 0.2) is 0 Å². The summed E-state index contributed by atoms with van der Waals surface area (Å²) in [6.45, 7) is 0. The van der Waals surface area contributed by atoms with Crippen molar-refractivity contribution in [1.29, 1.82) is 0 Å². The Morgan fingerprint density at radius 1 is 1.11 bits per heavy atom. The van der Waals surface area contributed by atoms with E-state index in [1.807, 2.05) is 0 Å². The standard InChI is InChI=1S/C14H15ClN2O2/c15-8-5-6-11(16)12(7-8)17-13(18)9-3-1-2-4-10(9)14(17)19/h5-7,9-10H,1-4,16H2/t9-,10-/m0/s1. The van der Waals surface area contributed by atoms with Gasteiger partial charge in [0.05, 0.1) is 23.2 Å². The summed E-state index contributed by atoms with van der Waals surface area (Å²) < 4.78 is 0. The summed E-state index contributed by atoms with van der Waals surface area (Å²) in [5, 5.41) is 0.472. The lowest BCUT2D eigenvalue weighted by atomic mass is 9.81. The zero-order valence-corrected chi connectivity index (χ0v) is 11.2. The number of benzene rings is 1. The molecule has 3 rings (SSSR count). The third kappa shape index (κ3) is 1.91. The molecular weight excluding hydrogens is 264 g/mol. The number of carbonyl (C=O) groups is 2. The Labute approximate surface area is 116 Å². The van der Waals surface area contributed by atoms with Crippen LogP contribution in [-0.4, -0.2) is 11.8 Å². The maximum absolute atomic E-state index is 12.4. The SMILES string of the molecule is Nc1ccc(Cl)cc1N1C(=O)[C@H]2CCCC[C@@H]2C1=O. The molecule has 1 saturated carbocycles. The molecule has 2 atom stereocenters. The molecule has 1 heterocycles. The minimum absolute atomic E-state index is 0.122. The number of nitrogens with two attached hydrogens (primary N) is 1. The van der Waals surface area contributed by atoms with E-state index in [0.717, 1.165) is 25.7 Å². The van der Waals surface area contributed by atoms with Crippen molar-refractivity contribution in [3.8, 4) is 0 Å². The Bertz CT molecular complexity index is 534. The quantitative estimate of drug-likeness (QED) is 0.634. The predicted octanol–water partition coefficient (Wildman–Crippen LogP) is 2.60. The monoisotopic (exact) mass is 278 g/mol. The Balaban J connectivity index is 2.03. The molecule has 1 saturated heterocycles. The zero-order chi connectivity index (χ0) is 13.6. The highest BCUT2D eigenvalue weighted by Crippen LogP contribution is 2.41. The van der Waals surface area contributed by atoms with Crippen LogP contribution >= 0.6 is 11.6 Å². The molecule has 0 bridgehead atoms. The van der Waals surface area contributed by atoms with Gasteiger partial charge in [-0.2, -0.15) is 0 Å². The van der Waals surface area contributed by atoms with Crippen LogP contribution in [0.25, 0.3) is 0 Å². The van der Waals surface area contributed by atoms with Gasteiger partial charge < -0.3 is 5.73 Å². The first-order valence-corrected chi connectivity index (χ1v) is 6.90. The lowest BCUT2D eigenvalue weighted by Gasteiger charge is -2.19. The second-order valence-corrected chi connectivity index (χ2v) is 5.65. The largest absolute Gasteiger partial charge is 0.397 e. The van der Waals surface area contributed by atoms with Gasteiger partial charge in [-0.05, 0) is 31.0 Å². The average Bonchev–Trinajstić information content (AvgIpc) is 2.66. The molecular formula is C14H15ClN2O2. The smallest absolute Gasteiger partial charge is 0.237 e. The fraction of sp³-hybridized carbons (Fsp3) is 0.429. The number of rotatable bonds is 1. The highest BCUT2D eigenvalue weighted by atomic mass is 35.5. The van der Waals surface area contributed by atoms with Crippen molar-refractivity contribution < 1.29 is 9.59 Å². The van der Waals surface area contributed by atoms with Crippen LogP contribution in [0.15, 0.2) is 18.2 Å². The number of fused-ring (bicyclic) bond motifs is 1. The first kappa shape index (κ1) is 12.5. The topological polar surface area (TPSA) is 63.4 Å². The molecule has 100 valence electrons. The van der Waals surface area contributed by atoms with Gasteiger partial charge in [0.2, 0.25) is 11.8 Å². The summed E-state index contributed by atoms with van der Waals surface area (Å²) in [5.41, 5.74) is 6.71. The molecule has 0 unspecified atom stereocenters. The molecule has 2 amide bonds. The molecule has 5 heteroatoms. The molecule has 0 spiro atoms. The predicted molar refractivity (Wildman–Crippen MR) is 73.8 cm³/mol. The third-order valence-corrected chi connectivity index (χ3v) is 4.31. The van der Waals surface area contributed by atoms with Gasteiger partial charge in [0.25, 0.3) is 0 Å². The zero-order valence-electron chi connectivity index (χ0n) is 10.4. The van der Waals surface area contributed by atoms with Crippen molar-refractivity contribution in [2.75, 3.05) is 10.6 Å². The van der Waals surface area contributed by atoms with Crippen molar-refractivity contribution in [3.63, 3.8) is 0 Å². The number of hydrogen-bond acceptors (Lipinski definition) is 3. The summed E-state index contributed by atoms with van der Waals surface area (Å²) >= 11 is 5.94. The molecule has 4 nitrogen and oxygen atoms in total. The van der Waals surface area contributed by atoms with E-state index < -0.39 is 0 Å². The van der Waals surface area contributed by atoms with Crippen LogP contribution in [0.2, 0.25) is 5.02 Å². The molecule has 1 aromatic carbocycles. The molecule has 0 aromatic heterocycles. The van der Waals surface area contributed by atoms with Crippen LogP contribution in [0.5, 0.6) is 0 Å². The number of hydrogen-bond donors (Lipinski definition) is 1. The van der Waals surface area contributed by atoms with E-state index >= 15 is 0 Å². The van der Waals surface area contributed by atoms with Gasteiger partial charge in [-0.1, -0.05) is 24.4 Å². The Hall–Kier alpha value is -1.55. The molecule has 2 aliphatic rings. The highest BCUT2D eigenvalue weighted by molar-refractivity contribution is 6.31. The summed E-state index contributed by atoms with van der Waals surface area (Å²) in [6.07, 6.45) is 3.62. The van der Waals surface area contributed by atoms with Gasteiger partial charge in [-0.25, -0.2) is 4.90 Å². The molecule has 1 aliphatic heterocycles. The number of nitrogens with zero attached hydrogens (tertiary/aromatic N) is 1. The summed E-state index contributed by atoms with van der Waals surface area (Å²) in [6, 6.07) is 4.86. The number of imide groups is 1. The van der Waals surface area contributed by atoms with Gasteiger partial charge in [0.1, 0.15) is 0 Å². The van der Waals surface area contributed by atoms with Crippen molar-refractivity contribution in [2.45, 2.75) is 25.7 Å². The fourth-order valence-electron chi connectivity index (χ4n) is 3.11. The van der Waals surface area contributed by atoms with Gasteiger partial charge in [-0.3, -0.25) is 9.59 Å². The Morgan fingerprint density at radius 2 is 1.68 bits per heavy atom. The highest BCUT2D eigenvalue weighted by Gasteiger charge is 2.49. The summed E-state index contributed by atoms with van der Waals surface area (Å²) in [7, 11) is 0. The van der Waals surface area contributed by atoms with Crippen molar-refractivity contribution in [3.05, 3.63) is 23.2 Å². The number of halogens is 1. The average molecular weight is 279 g/mol. The normalized spacial score (nSPS) is 26.7. The van der Waals surface area contributed by atoms with Crippen LogP contribution in [0.3, 0.4) is 0 Å². The molecule has 1 aromatic rings. The minimum atomic E-state index is -0.167. The first-order chi connectivity index (χ1) is 9.09. The van der Waals surface area contributed by atoms with Crippen LogP contribution in [0.1, 0.15) is 25.7 Å². The molecule has 19 heavy (non-hydrogen) atoms. The maximum atomic E-state index is 12.4. The van der Waals surface area contributed by atoms with Gasteiger partial charge in [-0.15, -0.1) is 0 Å². The van der Waals surface area contributed by atoms with E-state index in [1.54, 1.807) is 18.2 Å². The fourth-order valence-corrected chi connectivity index (χ4v) is 3.28. The lowest BCUT2D eigenvalue weighted by molar-refractivity contribution is -0.122. The molecule has 0 radical (unpaired) electrons. The van der Waals surface area contributed by atoms with Crippen molar-refractivity contribution in [1.82, 2.24) is 0 Å². The van der Waals surface area contributed by atoms with Crippen LogP contribution < -0.4 is 10.6 Å². The lowest BCUT2D eigenvalue weighted by Crippen LogP contribution is -2.31. The van der Waals surface area contributed by atoms with Crippen LogP contribution in [0.4, 0.5) is 11.4 Å². The molecule has 1 aliphatic carbocycles. The van der Waals surface area contributed by atoms with E-state index in [4.69, 9.17) is 17.3 Å². The number of anilines is 2. The van der Waals surface area contributed by atoms with E-state index in [-0.39, 0.29) is 23.7 Å². The number of amides is 2. The first-order valence-electron chi connectivity index (χ1n) is 6.52. The summed E-state index contributed by atoms with van der Waals surface area (Å²) in [4.78, 5) is 26.1. The van der Waals surface area contributed by atoms with Gasteiger partial charge >= 0.3 is 0 Å². The summed E-state index contributed by atoms with van der Waals surface area (Å²) in [5.74, 6) is -0.577. The van der Waals surface area contributed by atoms with Crippen LogP contribution in [-0.2, 0) is 9.59 Å². The second-order valence-electron chi connectivity index (χ2n) is 5.21. The van der Waals surface area contributed by atoms with E-state index in [9.17, 15) is 9.59 Å². The number of nitrogen functional groups attached to an aromatic ring is 1. The number of carbonyl (C=O) groups excluding carboxylic acids is 2. The van der Waals surface area contributed by atoms with E-state index in [2.05, 4.69) is 0 Å². The minimum Gasteiger partial charge on any atom is -0.397 e. The maximum Gasteiger partial charge on any atom is 0.237 e. The third-order valence-electron chi connectivity index (χ3n) is 4.07. The Morgan fingerprint density at radius 3 is 2.26 bits per heavy atom. The molecule has 2 N–H and O–H groups in total. The Kier molecular flexibility index (Phi) is 2.97. The van der Waals surface area contributed by atoms with Crippen molar-refractivity contribution in [2.24, 2.45) is 11.8 Å². The van der Waals surface area contributed by atoms with Crippen molar-refractivity contribution >= 4 is 34.8 Å². The van der Waals surface area contributed by atoms with Gasteiger partial charge in [0, 0.05) is 5.02 Å². The van der Waals surface area contributed by atoms with E-state index in [1.165, 1.54) is 4.90 Å². The second kappa shape index (κ2) is 4.53. The molecule has 2 fully saturated rings. The van der Waals surface area contributed by atoms with Crippen LogP contribution in [0, 0.1) is 11.8 Å².